The summed E-state index contributed by atoms with van der Waals surface area (Å²) >= 11 is 0. The second kappa shape index (κ2) is 7.86. The van der Waals surface area contributed by atoms with E-state index in [1.165, 1.54) is 0 Å². The molecule has 2 aromatic heterocycles. The molecule has 0 saturated carbocycles. The summed E-state index contributed by atoms with van der Waals surface area (Å²) in [5, 5.41) is 3.04. The lowest BCUT2D eigenvalue weighted by molar-refractivity contribution is -0.121. The molecule has 2 heterocycles. The van der Waals surface area contributed by atoms with Crippen LogP contribution in [0.5, 0.6) is 11.5 Å². The highest BCUT2D eigenvalue weighted by Gasteiger charge is 2.18. The van der Waals surface area contributed by atoms with E-state index in [1.807, 2.05) is 41.9 Å². The number of hydrogen-bond acceptors (Lipinski definition) is 5. The molecule has 0 fully saturated rings. The van der Waals surface area contributed by atoms with Gasteiger partial charge < -0.3 is 14.8 Å². The van der Waals surface area contributed by atoms with Crippen molar-refractivity contribution >= 4 is 11.7 Å². The molecule has 0 bridgehead atoms. The van der Waals surface area contributed by atoms with Crippen LogP contribution in [0.25, 0.3) is 5.78 Å². The van der Waals surface area contributed by atoms with Crippen LogP contribution in [0.2, 0.25) is 0 Å². The number of methoxy groups -OCH3 is 2. The maximum Gasteiger partial charge on any atom is 0.233 e. The number of nitrogens with one attached hydrogen (secondary N) is 1. The number of carbonyl (C=O) groups is 1. The molecule has 3 rings (SSSR count). The standard InChI is InChI=1S/C19H22N4O3/c1-4-15(16-12-23-9-5-8-20-19(23)22-16)21-18(24)10-13-6-7-14(25-2)11-17(13)26-3/h5-9,11-12,15H,4,10H2,1-3H3,(H,21,24)/t15-/m1/s1. The van der Waals surface area contributed by atoms with Crippen LogP contribution in [0.1, 0.15) is 30.6 Å². The van der Waals surface area contributed by atoms with Crippen molar-refractivity contribution in [2.45, 2.75) is 25.8 Å². The number of benzene rings is 1. The van der Waals surface area contributed by atoms with Crippen molar-refractivity contribution in [3.05, 3.63) is 54.1 Å². The van der Waals surface area contributed by atoms with E-state index in [4.69, 9.17) is 9.47 Å². The van der Waals surface area contributed by atoms with Gasteiger partial charge in [0.2, 0.25) is 11.7 Å². The molecule has 0 aliphatic rings. The van der Waals surface area contributed by atoms with Gasteiger partial charge in [-0.3, -0.25) is 9.20 Å². The number of aromatic nitrogens is 3. The van der Waals surface area contributed by atoms with Crippen LogP contribution in [0, 0.1) is 0 Å². The zero-order valence-electron chi connectivity index (χ0n) is 15.1. The first-order valence-corrected chi connectivity index (χ1v) is 8.44. The summed E-state index contributed by atoms with van der Waals surface area (Å²) in [5.74, 6) is 1.84. The third kappa shape index (κ3) is 3.77. The number of nitrogens with zero attached hydrogens (tertiary/aromatic N) is 3. The van der Waals surface area contributed by atoms with Gasteiger partial charge in [0, 0.05) is 30.2 Å². The van der Waals surface area contributed by atoms with Crippen LogP contribution >= 0.6 is 0 Å². The Hall–Kier alpha value is -3.09. The lowest BCUT2D eigenvalue weighted by atomic mass is 10.1. The number of amides is 1. The monoisotopic (exact) mass is 354 g/mol. The summed E-state index contributed by atoms with van der Waals surface area (Å²) in [5.41, 5.74) is 1.60. The molecule has 3 aromatic rings. The summed E-state index contributed by atoms with van der Waals surface area (Å²) in [6.07, 6.45) is 6.42. The Balaban J connectivity index is 1.73. The highest BCUT2D eigenvalue weighted by atomic mass is 16.5. The van der Waals surface area contributed by atoms with Crippen molar-refractivity contribution in [2.24, 2.45) is 0 Å². The largest absolute Gasteiger partial charge is 0.497 e. The highest BCUT2D eigenvalue weighted by molar-refractivity contribution is 5.79. The van der Waals surface area contributed by atoms with Gasteiger partial charge in [-0.2, -0.15) is 0 Å². The van der Waals surface area contributed by atoms with E-state index in [1.54, 1.807) is 26.5 Å². The van der Waals surface area contributed by atoms with Gasteiger partial charge in [-0.25, -0.2) is 9.97 Å². The van der Waals surface area contributed by atoms with E-state index < -0.39 is 0 Å². The minimum Gasteiger partial charge on any atom is -0.497 e. The van der Waals surface area contributed by atoms with Crippen LogP contribution in [0.15, 0.2) is 42.9 Å². The Morgan fingerprint density at radius 1 is 1.31 bits per heavy atom. The molecule has 0 spiro atoms. The average molecular weight is 354 g/mol. The molecule has 0 aliphatic carbocycles. The maximum absolute atomic E-state index is 12.5. The van der Waals surface area contributed by atoms with Crippen molar-refractivity contribution in [3.63, 3.8) is 0 Å². The van der Waals surface area contributed by atoms with Gasteiger partial charge in [-0.1, -0.05) is 13.0 Å². The molecule has 0 unspecified atom stereocenters. The van der Waals surface area contributed by atoms with Gasteiger partial charge in [0.1, 0.15) is 11.5 Å². The molecule has 26 heavy (non-hydrogen) atoms. The van der Waals surface area contributed by atoms with Gasteiger partial charge in [0.05, 0.1) is 32.4 Å². The van der Waals surface area contributed by atoms with E-state index in [0.717, 1.165) is 17.7 Å². The molecule has 0 saturated heterocycles. The van der Waals surface area contributed by atoms with Crippen LogP contribution in [-0.2, 0) is 11.2 Å². The Bertz CT molecular complexity index is 874. The molecule has 0 radical (unpaired) electrons. The van der Waals surface area contributed by atoms with E-state index in [9.17, 15) is 4.79 Å². The lowest BCUT2D eigenvalue weighted by Crippen LogP contribution is -2.29. The Labute approximate surface area is 152 Å². The number of carbonyl (C=O) groups excluding carboxylic acids is 1. The molecule has 1 amide bonds. The molecular formula is C19H22N4O3. The number of imidazole rings is 1. The number of ether oxygens (including phenoxy) is 2. The summed E-state index contributed by atoms with van der Waals surface area (Å²) in [4.78, 5) is 21.3. The number of rotatable bonds is 7. The predicted molar refractivity (Wildman–Crippen MR) is 97.4 cm³/mol. The van der Waals surface area contributed by atoms with Gasteiger partial charge >= 0.3 is 0 Å². The van der Waals surface area contributed by atoms with Gasteiger partial charge in [-0.15, -0.1) is 0 Å². The Kier molecular flexibility index (Phi) is 5.36. The molecule has 0 aliphatic heterocycles. The topological polar surface area (TPSA) is 77.8 Å². The molecule has 1 N–H and O–H groups in total. The van der Waals surface area contributed by atoms with E-state index >= 15 is 0 Å². The Morgan fingerprint density at radius 3 is 2.85 bits per heavy atom. The zero-order valence-corrected chi connectivity index (χ0v) is 15.1. The number of hydrogen-bond donors (Lipinski definition) is 1. The van der Waals surface area contributed by atoms with Crippen LogP contribution in [-0.4, -0.2) is 34.5 Å². The molecule has 7 nitrogen and oxygen atoms in total. The summed E-state index contributed by atoms with van der Waals surface area (Å²) < 4.78 is 12.4. The first-order valence-electron chi connectivity index (χ1n) is 8.44. The van der Waals surface area contributed by atoms with Crippen molar-refractivity contribution in [1.29, 1.82) is 0 Å². The molecule has 1 aromatic carbocycles. The number of fused-ring (bicyclic) bond motifs is 1. The van der Waals surface area contributed by atoms with Gasteiger partial charge in [-0.05, 0) is 18.6 Å². The van der Waals surface area contributed by atoms with Crippen molar-refractivity contribution in [2.75, 3.05) is 14.2 Å². The normalized spacial score (nSPS) is 12.0. The maximum atomic E-state index is 12.5. The minimum atomic E-state index is -0.173. The summed E-state index contributed by atoms with van der Waals surface area (Å²) in [7, 11) is 3.17. The van der Waals surface area contributed by atoms with Crippen molar-refractivity contribution < 1.29 is 14.3 Å². The Morgan fingerprint density at radius 2 is 2.15 bits per heavy atom. The minimum absolute atomic E-state index is 0.0923. The third-order valence-electron chi connectivity index (χ3n) is 4.20. The zero-order chi connectivity index (χ0) is 18.5. The lowest BCUT2D eigenvalue weighted by Gasteiger charge is -2.16. The smallest absolute Gasteiger partial charge is 0.233 e. The van der Waals surface area contributed by atoms with E-state index in [0.29, 0.717) is 17.3 Å². The fourth-order valence-electron chi connectivity index (χ4n) is 2.82. The third-order valence-corrected chi connectivity index (χ3v) is 4.20. The first-order chi connectivity index (χ1) is 12.6. The predicted octanol–water partition coefficient (Wildman–Crippen LogP) is 2.56. The van der Waals surface area contributed by atoms with Crippen LogP contribution < -0.4 is 14.8 Å². The van der Waals surface area contributed by atoms with Crippen LogP contribution in [0.4, 0.5) is 0 Å². The van der Waals surface area contributed by atoms with Crippen molar-refractivity contribution in [3.8, 4) is 11.5 Å². The second-order valence-corrected chi connectivity index (χ2v) is 5.88. The molecule has 1 atom stereocenters. The quantitative estimate of drug-likeness (QED) is 0.705. The SMILES string of the molecule is CC[C@@H](NC(=O)Cc1ccc(OC)cc1OC)c1cn2cccnc2n1. The summed E-state index contributed by atoms with van der Waals surface area (Å²) in [6.45, 7) is 2.01. The van der Waals surface area contributed by atoms with E-state index in [-0.39, 0.29) is 18.4 Å². The summed E-state index contributed by atoms with van der Waals surface area (Å²) in [6, 6.07) is 7.10. The average Bonchev–Trinajstić information content (AvgIpc) is 3.10. The molecular weight excluding hydrogens is 332 g/mol. The van der Waals surface area contributed by atoms with Gasteiger partial charge in [0.25, 0.3) is 0 Å². The first kappa shape index (κ1) is 17.7. The molecule has 136 valence electrons. The van der Waals surface area contributed by atoms with Crippen LogP contribution in [0.3, 0.4) is 0 Å². The molecule has 7 heteroatoms. The highest BCUT2D eigenvalue weighted by Crippen LogP contribution is 2.25. The second-order valence-electron chi connectivity index (χ2n) is 5.88. The van der Waals surface area contributed by atoms with E-state index in [2.05, 4.69) is 15.3 Å². The van der Waals surface area contributed by atoms with Gasteiger partial charge in [0.15, 0.2) is 0 Å². The fourth-order valence-corrected chi connectivity index (χ4v) is 2.82. The van der Waals surface area contributed by atoms with Crippen molar-refractivity contribution in [1.82, 2.24) is 19.7 Å². The fraction of sp³-hybridized carbons (Fsp3) is 0.316.